The summed E-state index contributed by atoms with van der Waals surface area (Å²) in [6, 6.07) is 15.1. The van der Waals surface area contributed by atoms with E-state index >= 15 is 0 Å². The molecular formula is C26H32N4O4S. The van der Waals surface area contributed by atoms with Gasteiger partial charge in [0.1, 0.15) is 0 Å². The van der Waals surface area contributed by atoms with Crippen LogP contribution in [-0.2, 0) is 20.8 Å². The molecule has 0 saturated carbocycles. The van der Waals surface area contributed by atoms with Gasteiger partial charge in [0.15, 0.2) is 5.16 Å². The summed E-state index contributed by atoms with van der Waals surface area (Å²) >= 11 is 1.26. The third-order valence-corrected chi connectivity index (χ3v) is 6.80. The predicted octanol–water partition coefficient (Wildman–Crippen LogP) is 3.78. The van der Waals surface area contributed by atoms with E-state index < -0.39 is 0 Å². The number of benzene rings is 2. The second-order valence-corrected chi connectivity index (χ2v) is 9.70. The molecule has 1 amide bonds. The van der Waals surface area contributed by atoms with Crippen LogP contribution in [0.4, 0.5) is 11.4 Å². The highest BCUT2D eigenvalue weighted by Gasteiger charge is 2.22. The summed E-state index contributed by atoms with van der Waals surface area (Å²) in [5.74, 6) is -0.00261. The molecule has 0 bridgehead atoms. The Morgan fingerprint density at radius 3 is 2.57 bits per heavy atom. The largest absolute Gasteiger partial charge is 0.385 e. The van der Waals surface area contributed by atoms with Crippen LogP contribution in [0.3, 0.4) is 0 Å². The number of rotatable bonds is 9. The minimum atomic E-state index is -0.151. The second-order valence-electron chi connectivity index (χ2n) is 8.76. The standard InChI is InChI=1S/C26H32N4O4S/c1-18-15-29(16-19(2)34-18)21-11-9-20(10-12-21)27-24(31)17-35-26-28-23-8-5-4-7-22(23)25(32)30(26)13-6-14-33-3/h4-5,7-12,18-19H,6,13-17H2,1-3H3,(H,27,31). The number of nitrogens with zero attached hydrogens (tertiary/aromatic N) is 3. The zero-order valence-corrected chi connectivity index (χ0v) is 21.2. The summed E-state index contributed by atoms with van der Waals surface area (Å²) in [4.78, 5) is 32.7. The molecule has 4 rings (SSSR count). The van der Waals surface area contributed by atoms with E-state index in [0.29, 0.717) is 35.6 Å². The van der Waals surface area contributed by atoms with Crippen LogP contribution in [0.25, 0.3) is 10.9 Å². The highest BCUT2D eigenvalue weighted by Crippen LogP contribution is 2.23. The Morgan fingerprint density at radius 2 is 1.86 bits per heavy atom. The molecule has 0 radical (unpaired) electrons. The van der Waals surface area contributed by atoms with Gasteiger partial charge in [-0.05, 0) is 56.7 Å². The molecule has 1 aromatic heterocycles. The minimum absolute atomic E-state index is 0.100. The lowest BCUT2D eigenvalue weighted by Gasteiger charge is -2.36. The zero-order chi connectivity index (χ0) is 24.8. The Hall–Kier alpha value is -2.88. The van der Waals surface area contributed by atoms with E-state index in [1.165, 1.54) is 11.8 Å². The van der Waals surface area contributed by atoms with Crippen molar-refractivity contribution in [2.24, 2.45) is 0 Å². The van der Waals surface area contributed by atoms with Crippen molar-refractivity contribution in [1.29, 1.82) is 0 Å². The number of aromatic nitrogens is 2. The molecule has 2 aromatic carbocycles. The lowest BCUT2D eigenvalue weighted by Crippen LogP contribution is -2.45. The number of thioether (sulfide) groups is 1. The van der Waals surface area contributed by atoms with Gasteiger partial charge in [-0.3, -0.25) is 14.2 Å². The molecule has 1 N–H and O–H groups in total. The molecule has 186 valence electrons. The van der Waals surface area contributed by atoms with Gasteiger partial charge in [-0.1, -0.05) is 23.9 Å². The smallest absolute Gasteiger partial charge is 0.262 e. The number of nitrogens with one attached hydrogen (secondary N) is 1. The van der Waals surface area contributed by atoms with Gasteiger partial charge in [0.25, 0.3) is 5.56 Å². The molecule has 1 saturated heterocycles. The van der Waals surface area contributed by atoms with Gasteiger partial charge in [-0.2, -0.15) is 0 Å². The van der Waals surface area contributed by atoms with Gasteiger partial charge in [0.2, 0.25) is 5.91 Å². The third-order valence-electron chi connectivity index (χ3n) is 5.82. The van der Waals surface area contributed by atoms with Crippen LogP contribution in [-0.4, -0.2) is 60.2 Å². The Kier molecular flexibility index (Phi) is 8.43. The lowest BCUT2D eigenvalue weighted by atomic mass is 10.2. The van der Waals surface area contributed by atoms with E-state index in [4.69, 9.17) is 9.47 Å². The Balaban J connectivity index is 1.41. The van der Waals surface area contributed by atoms with E-state index in [2.05, 4.69) is 29.0 Å². The lowest BCUT2D eigenvalue weighted by molar-refractivity contribution is -0.113. The fourth-order valence-electron chi connectivity index (χ4n) is 4.29. The van der Waals surface area contributed by atoms with E-state index in [1.54, 1.807) is 17.7 Å². The maximum Gasteiger partial charge on any atom is 0.262 e. The van der Waals surface area contributed by atoms with Crippen LogP contribution in [0, 0.1) is 0 Å². The van der Waals surface area contributed by atoms with E-state index in [1.807, 2.05) is 42.5 Å². The first-order valence-corrected chi connectivity index (χ1v) is 12.8. The van der Waals surface area contributed by atoms with Crippen LogP contribution in [0.1, 0.15) is 20.3 Å². The predicted molar refractivity (Wildman–Crippen MR) is 141 cm³/mol. The molecule has 35 heavy (non-hydrogen) atoms. The summed E-state index contributed by atoms with van der Waals surface area (Å²) in [7, 11) is 1.63. The molecule has 0 spiro atoms. The van der Waals surface area contributed by atoms with Crippen LogP contribution in [0.15, 0.2) is 58.5 Å². The molecule has 1 aliphatic rings. The second kappa shape index (κ2) is 11.7. The molecule has 2 heterocycles. The number of fused-ring (bicyclic) bond motifs is 1. The molecule has 8 nitrogen and oxygen atoms in total. The number of anilines is 2. The summed E-state index contributed by atoms with van der Waals surface area (Å²) < 4.78 is 12.6. The van der Waals surface area contributed by atoms with Gasteiger partial charge in [-0.25, -0.2) is 4.98 Å². The highest BCUT2D eigenvalue weighted by molar-refractivity contribution is 7.99. The molecule has 2 atom stereocenters. The fraction of sp³-hybridized carbons (Fsp3) is 0.423. The number of morpholine rings is 1. The van der Waals surface area contributed by atoms with Crippen molar-refractivity contribution >= 4 is 39.9 Å². The first kappa shape index (κ1) is 25.2. The summed E-state index contributed by atoms with van der Waals surface area (Å²) in [6.45, 7) is 6.87. The number of carbonyl (C=O) groups excluding carboxylic acids is 1. The highest BCUT2D eigenvalue weighted by atomic mass is 32.2. The first-order chi connectivity index (χ1) is 16.9. The molecule has 3 aromatic rings. The maximum atomic E-state index is 13.0. The van der Waals surface area contributed by atoms with Crippen molar-refractivity contribution in [2.75, 3.05) is 42.8 Å². The van der Waals surface area contributed by atoms with E-state index in [9.17, 15) is 9.59 Å². The Labute approximate surface area is 209 Å². The van der Waals surface area contributed by atoms with Crippen molar-refractivity contribution in [1.82, 2.24) is 9.55 Å². The number of ether oxygens (including phenoxy) is 2. The summed E-state index contributed by atoms with van der Waals surface area (Å²) in [5, 5.41) is 4.05. The summed E-state index contributed by atoms with van der Waals surface area (Å²) in [6.07, 6.45) is 1.06. The Morgan fingerprint density at radius 1 is 1.14 bits per heavy atom. The molecular weight excluding hydrogens is 464 g/mol. The average Bonchev–Trinajstić information content (AvgIpc) is 2.84. The van der Waals surface area contributed by atoms with Crippen LogP contribution in [0.2, 0.25) is 0 Å². The molecule has 1 aliphatic heterocycles. The average molecular weight is 497 g/mol. The topological polar surface area (TPSA) is 85.7 Å². The number of hydrogen-bond donors (Lipinski definition) is 1. The van der Waals surface area contributed by atoms with Crippen molar-refractivity contribution in [2.45, 2.75) is 44.2 Å². The fourth-order valence-corrected chi connectivity index (χ4v) is 5.12. The monoisotopic (exact) mass is 496 g/mol. The van der Waals surface area contributed by atoms with Gasteiger partial charge in [0, 0.05) is 44.7 Å². The summed E-state index contributed by atoms with van der Waals surface area (Å²) in [5.41, 5.74) is 2.38. The van der Waals surface area contributed by atoms with E-state index in [-0.39, 0.29) is 29.4 Å². The van der Waals surface area contributed by atoms with Crippen molar-refractivity contribution < 1.29 is 14.3 Å². The normalized spacial score (nSPS) is 18.1. The maximum absolute atomic E-state index is 13.0. The Bertz CT molecular complexity index is 1200. The van der Waals surface area contributed by atoms with Gasteiger partial charge in [0.05, 0.1) is 28.9 Å². The number of hydrogen-bond acceptors (Lipinski definition) is 7. The van der Waals surface area contributed by atoms with Gasteiger partial charge in [-0.15, -0.1) is 0 Å². The third kappa shape index (κ3) is 6.42. The molecule has 0 aliphatic carbocycles. The quantitative estimate of drug-likeness (QED) is 0.274. The van der Waals surface area contributed by atoms with Gasteiger partial charge < -0.3 is 19.7 Å². The van der Waals surface area contributed by atoms with Crippen LogP contribution in [0.5, 0.6) is 0 Å². The van der Waals surface area contributed by atoms with E-state index in [0.717, 1.165) is 24.5 Å². The number of para-hydroxylation sites is 1. The van der Waals surface area contributed by atoms with Crippen molar-refractivity contribution in [3.63, 3.8) is 0 Å². The SMILES string of the molecule is COCCCn1c(SCC(=O)Nc2ccc(N3CC(C)OC(C)C3)cc2)nc2ccccc2c1=O. The van der Waals surface area contributed by atoms with Gasteiger partial charge >= 0.3 is 0 Å². The number of amides is 1. The molecule has 1 fully saturated rings. The van der Waals surface area contributed by atoms with Crippen molar-refractivity contribution in [3.8, 4) is 0 Å². The zero-order valence-electron chi connectivity index (χ0n) is 20.4. The number of carbonyl (C=O) groups is 1. The molecule has 2 unspecified atom stereocenters. The molecule has 9 heteroatoms. The minimum Gasteiger partial charge on any atom is -0.385 e. The number of methoxy groups -OCH3 is 1. The van der Waals surface area contributed by atoms with Crippen LogP contribution >= 0.6 is 11.8 Å². The van der Waals surface area contributed by atoms with Crippen LogP contribution < -0.4 is 15.8 Å². The van der Waals surface area contributed by atoms with Crippen molar-refractivity contribution in [3.05, 3.63) is 58.9 Å². The first-order valence-electron chi connectivity index (χ1n) is 11.9.